The molecule has 0 heterocycles. The Morgan fingerprint density at radius 1 is 1.47 bits per heavy atom. The summed E-state index contributed by atoms with van der Waals surface area (Å²) in [6.45, 7) is 2.43. The molecule has 4 heteroatoms. The highest BCUT2D eigenvalue weighted by molar-refractivity contribution is 5.96. The van der Waals surface area contributed by atoms with Crippen molar-refractivity contribution in [1.29, 1.82) is 5.26 Å². The molecule has 1 rings (SSSR count). The fourth-order valence-electron chi connectivity index (χ4n) is 1.67. The molecule has 1 aromatic rings. The highest BCUT2D eigenvalue weighted by Gasteiger charge is 2.16. The molecule has 0 bridgehead atoms. The normalized spacial score (nSPS) is 10.8. The molecule has 98 valence electrons. The third-order valence-corrected chi connectivity index (χ3v) is 2.60. The first-order valence-corrected chi connectivity index (χ1v) is 6.03. The van der Waals surface area contributed by atoms with Gasteiger partial charge < -0.3 is 10.6 Å². The molecule has 0 aliphatic carbocycles. The molecule has 19 heavy (non-hydrogen) atoms. The highest BCUT2D eigenvalue weighted by Crippen LogP contribution is 2.11. The van der Waals surface area contributed by atoms with Gasteiger partial charge >= 0.3 is 0 Å². The van der Waals surface area contributed by atoms with E-state index in [1.165, 1.54) is 4.90 Å². The van der Waals surface area contributed by atoms with Crippen molar-refractivity contribution in [2.75, 3.05) is 20.1 Å². The molecule has 1 atom stereocenters. The highest BCUT2D eigenvalue weighted by atomic mass is 16.2. The Labute approximate surface area is 113 Å². The SMILES string of the molecule is CC(C#N)CN(C)C(=O)c1ccccc1C#CCN. The van der Waals surface area contributed by atoms with E-state index in [2.05, 4.69) is 17.9 Å². The molecular weight excluding hydrogens is 238 g/mol. The lowest BCUT2D eigenvalue weighted by Crippen LogP contribution is -2.31. The van der Waals surface area contributed by atoms with Crippen molar-refractivity contribution in [3.8, 4) is 17.9 Å². The Bertz CT molecular complexity index is 548. The largest absolute Gasteiger partial charge is 0.340 e. The van der Waals surface area contributed by atoms with Crippen molar-refractivity contribution in [3.05, 3.63) is 35.4 Å². The zero-order chi connectivity index (χ0) is 14.3. The molecule has 1 amide bonds. The van der Waals surface area contributed by atoms with Crippen LogP contribution in [0.5, 0.6) is 0 Å². The van der Waals surface area contributed by atoms with Gasteiger partial charge in [0.05, 0.1) is 24.1 Å². The standard InChI is InChI=1S/C15H17N3O/c1-12(10-17)11-18(2)15(19)14-8-4-3-6-13(14)7-5-9-16/h3-4,6,8,12H,9,11,16H2,1-2H3. The zero-order valence-electron chi connectivity index (χ0n) is 11.2. The summed E-state index contributed by atoms with van der Waals surface area (Å²) in [6, 6.07) is 9.26. The minimum atomic E-state index is -0.198. The van der Waals surface area contributed by atoms with Crippen molar-refractivity contribution in [2.45, 2.75) is 6.92 Å². The Kier molecular flexibility index (Phi) is 5.60. The lowest BCUT2D eigenvalue weighted by atomic mass is 10.1. The Hall–Kier alpha value is -2.30. The minimum absolute atomic E-state index is 0.135. The van der Waals surface area contributed by atoms with Gasteiger partial charge in [0.2, 0.25) is 0 Å². The third kappa shape index (κ3) is 4.13. The van der Waals surface area contributed by atoms with E-state index in [-0.39, 0.29) is 18.4 Å². The Balaban J connectivity index is 2.97. The maximum Gasteiger partial charge on any atom is 0.254 e. The molecule has 0 aliphatic rings. The molecule has 0 spiro atoms. The summed E-state index contributed by atoms with van der Waals surface area (Å²) in [5, 5.41) is 8.78. The van der Waals surface area contributed by atoms with Gasteiger partial charge in [-0.05, 0) is 19.1 Å². The van der Waals surface area contributed by atoms with E-state index < -0.39 is 0 Å². The van der Waals surface area contributed by atoms with Gasteiger partial charge in [-0.15, -0.1) is 0 Å². The van der Waals surface area contributed by atoms with Crippen LogP contribution in [-0.4, -0.2) is 30.9 Å². The predicted molar refractivity (Wildman–Crippen MR) is 74.1 cm³/mol. The lowest BCUT2D eigenvalue weighted by molar-refractivity contribution is 0.0785. The number of hydrogen-bond acceptors (Lipinski definition) is 3. The summed E-state index contributed by atoms with van der Waals surface area (Å²) in [5.74, 6) is 5.30. The zero-order valence-corrected chi connectivity index (χ0v) is 11.2. The number of hydrogen-bond donors (Lipinski definition) is 1. The molecule has 2 N–H and O–H groups in total. The summed E-state index contributed by atoms with van der Waals surface area (Å²) in [7, 11) is 1.68. The smallest absolute Gasteiger partial charge is 0.254 e. The van der Waals surface area contributed by atoms with Crippen LogP contribution >= 0.6 is 0 Å². The Morgan fingerprint density at radius 3 is 2.79 bits per heavy atom. The van der Waals surface area contributed by atoms with Crippen LogP contribution in [0.3, 0.4) is 0 Å². The van der Waals surface area contributed by atoms with E-state index in [1.54, 1.807) is 32.2 Å². The van der Waals surface area contributed by atoms with Crippen LogP contribution in [0.2, 0.25) is 0 Å². The van der Waals surface area contributed by atoms with Gasteiger partial charge in [0.1, 0.15) is 0 Å². The van der Waals surface area contributed by atoms with E-state index >= 15 is 0 Å². The van der Waals surface area contributed by atoms with Crippen LogP contribution in [0.15, 0.2) is 24.3 Å². The molecule has 0 aliphatic heterocycles. The average Bonchev–Trinajstić information content (AvgIpc) is 2.44. The second-order valence-corrected chi connectivity index (χ2v) is 4.27. The molecule has 0 radical (unpaired) electrons. The van der Waals surface area contributed by atoms with Crippen LogP contribution in [0.4, 0.5) is 0 Å². The van der Waals surface area contributed by atoms with Crippen LogP contribution in [-0.2, 0) is 0 Å². The molecule has 1 aromatic carbocycles. The number of nitrogens with zero attached hydrogens (tertiary/aromatic N) is 2. The molecule has 0 saturated carbocycles. The summed E-state index contributed by atoms with van der Waals surface area (Å²) in [5.41, 5.74) is 6.54. The van der Waals surface area contributed by atoms with Crippen molar-refractivity contribution in [3.63, 3.8) is 0 Å². The van der Waals surface area contributed by atoms with Crippen molar-refractivity contribution < 1.29 is 4.79 Å². The molecule has 4 nitrogen and oxygen atoms in total. The fourth-order valence-corrected chi connectivity index (χ4v) is 1.67. The number of carbonyl (C=O) groups is 1. The molecular formula is C15H17N3O. The molecule has 1 unspecified atom stereocenters. The number of amides is 1. The number of benzene rings is 1. The summed E-state index contributed by atoms with van der Waals surface area (Å²) in [6.07, 6.45) is 0. The maximum absolute atomic E-state index is 12.3. The van der Waals surface area contributed by atoms with Crippen molar-refractivity contribution in [1.82, 2.24) is 4.90 Å². The predicted octanol–water partition coefficient (Wildman–Crippen LogP) is 1.23. The lowest BCUT2D eigenvalue weighted by Gasteiger charge is -2.19. The molecule has 0 saturated heterocycles. The van der Waals surface area contributed by atoms with Crippen LogP contribution < -0.4 is 5.73 Å². The van der Waals surface area contributed by atoms with Crippen molar-refractivity contribution >= 4 is 5.91 Å². The molecule has 0 aromatic heterocycles. The van der Waals surface area contributed by atoms with E-state index in [1.807, 2.05) is 6.07 Å². The number of nitriles is 1. The maximum atomic E-state index is 12.3. The third-order valence-electron chi connectivity index (χ3n) is 2.60. The van der Waals surface area contributed by atoms with E-state index in [4.69, 9.17) is 11.0 Å². The second kappa shape index (κ2) is 7.20. The monoisotopic (exact) mass is 255 g/mol. The van der Waals surface area contributed by atoms with Gasteiger partial charge in [-0.2, -0.15) is 5.26 Å². The summed E-state index contributed by atoms with van der Waals surface area (Å²) in [4.78, 5) is 13.8. The first-order valence-electron chi connectivity index (χ1n) is 6.03. The van der Waals surface area contributed by atoms with Gasteiger partial charge in [0, 0.05) is 19.2 Å². The van der Waals surface area contributed by atoms with Crippen LogP contribution in [0.25, 0.3) is 0 Å². The number of nitrogens with two attached hydrogens (primary N) is 1. The van der Waals surface area contributed by atoms with E-state index in [0.717, 1.165) is 0 Å². The first kappa shape index (κ1) is 14.8. The van der Waals surface area contributed by atoms with Gasteiger partial charge in [-0.25, -0.2) is 0 Å². The van der Waals surface area contributed by atoms with Crippen LogP contribution in [0.1, 0.15) is 22.8 Å². The molecule has 0 fully saturated rings. The van der Waals surface area contributed by atoms with Crippen molar-refractivity contribution in [2.24, 2.45) is 11.7 Å². The summed E-state index contributed by atoms with van der Waals surface area (Å²) < 4.78 is 0. The minimum Gasteiger partial charge on any atom is -0.340 e. The van der Waals surface area contributed by atoms with E-state index in [0.29, 0.717) is 17.7 Å². The van der Waals surface area contributed by atoms with Gasteiger partial charge in [-0.3, -0.25) is 4.79 Å². The summed E-state index contributed by atoms with van der Waals surface area (Å²) >= 11 is 0. The second-order valence-electron chi connectivity index (χ2n) is 4.27. The topological polar surface area (TPSA) is 70.1 Å². The number of rotatable bonds is 3. The fraction of sp³-hybridized carbons (Fsp3) is 0.333. The van der Waals surface area contributed by atoms with Gasteiger partial charge in [0.25, 0.3) is 5.91 Å². The van der Waals surface area contributed by atoms with Crippen LogP contribution in [0, 0.1) is 29.1 Å². The first-order chi connectivity index (χ1) is 9.10. The Morgan fingerprint density at radius 2 is 2.16 bits per heavy atom. The average molecular weight is 255 g/mol. The van der Waals surface area contributed by atoms with Gasteiger partial charge in [0.15, 0.2) is 0 Å². The number of carbonyl (C=O) groups excluding carboxylic acids is 1. The van der Waals surface area contributed by atoms with E-state index in [9.17, 15) is 4.79 Å². The van der Waals surface area contributed by atoms with Gasteiger partial charge in [-0.1, -0.05) is 24.0 Å². The quantitative estimate of drug-likeness (QED) is 0.826.